The molecule has 0 saturated carbocycles. The predicted molar refractivity (Wildman–Crippen MR) is 133 cm³/mol. The molecule has 4 aromatic rings. The van der Waals surface area contributed by atoms with Crippen molar-refractivity contribution in [3.8, 4) is 5.75 Å². The van der Waals surface area contributed by atoms with E-state index in [4.69, 9.17) is 21.3 Å². The number of methoxy groups -OCH3 is 1. The van der Waals surface area contributed by atoms with E-state index >= 15 is 0 Å². The number of rotatable bonds is 4. The van der Waals surface area contributed by atoms with Crippen molar-refractivity contribution >= 4 is 56.5 Å². The van der Waals surface area contributed by atoms with Crippen LogP contribution in [-0.4, -0.2) is 18.9 Å². The molecule has 0 saturated heterocycles. The number of thiophene rings is 1. The zero-order valence-corrected chi connectivity index (χ0v) is 19.1. The molecular formula is C26H19ClN2O2S. The zero-order chi connectivity index (χ0) is 22.2. The molecule has 0 aliphatic carbocycles. The highest BCUT2D eigenvalue weighted by molar-refractivity contribution is 7.21. The van der Waals surface area contributed by atoms with Crippen LogP contribution in [0.3, 0.4) is 0 Å². The maximum atomic E-state index is 13.5. The monoisotopic (exact) mass is 458 g/mol. The summed E-state index contributed by atoms with van der Waals surface area (Å²) in [7, 11) is 1.62. The molecule has 0 N–H and O–H groups in total. The first-order valence-electron chi connectivity index (χ1n) is 10.1. The Bertz CT molecular complexity index is 1400. The van der Waals surface area contributed by atoms with Crippen LogP contribution in [-0.2, 0) is 4.79 Å². The Hall–Kier alpha value is -3.41. The van der Waals surface area contributed by atoms with Crippen molar-refractivity contribution in [3.05, 3.63) is 99.5 Å². The van der Waals surface area contributed by atoms with E-state index in [-0.39, 0.29) is 5.91 Å². The van der Waals surface area contributed by atoms with Gasteiger partial charge in [-0.15, -0.1) is 11.3 Å². The third-order valence-corrected chi connectivity index (χ3v) is 6.96. The molecule has 32 heavy (non-hydrogen) atoms. The van der Waals surface area contributed by atoms with Gasteiger partial charge in [-0.25, -0.2) is 4.99 Å². The van der Waals surface area contributed by atoms with E-state index in [0.717, 1.165) is 37.5 Å². The molecule has 6 heteroatoms. The molecule has 0 fully saturated rings. The van der Waals surface area contributed by atoms with E-state index in [1.54, 1.807) is 18.1 Å². The lowest BCUT2D eigenvalue weighted by atomic mass is 10.1. The van der Waals surface area contributed by atoms with Gasteiger partial charge in [-0.05, 0) is 48.9 Å². The Morgan fingerprint density at radius 3 is 2.56 bits per heavy atom. The largest absolute Gasteiger partial charge is 0.497 e. The number of benzene rings is 3. The van der Waals surface area contributed by atoms with Crippen molar-refractivity contribution in [3.63, 3.8) is 0 Å². The van der Waals surface area contributed by atoms with Gasteiger partial charge in [-0.3, -0.25) is 9.69 Å². The van der Waals surface area contributed by atoms with E-state index in [1.807, 2.05) is 79.7 Å². The SMILES string of the molecule is COc1cccc(/C=C2/N=C(c3sc4ccccc4c3Cl)N(c3ccc(C)cc3)C2=O)c1. The highest BCUT2D eigenvalue weighted by Gasteiger charge is 2.34. The summed E-state index contributed by atoms with van der Waals surface area (Å²) in [6.07, 6.45) is 1.78. The molecule has 1 amide bonds. The summed E-state index contributed by atoms with van der Waals surface area (Å²) in [6, 6.07) is 23.3. The van der Waals surface area contributed by atoms with Gasteiger partial charge < -0.3 is 4.74 Å². The standard InChI is InChI=1S/C26H19ClN2O2S/c1-16-10-12-18(13-11-16)29-25(24-23(27)20-8-3-4-9-22(20)32-24)28-21(26(29)30)15-17-6-5-7-19(14-17)31-2/h3-15H,1-2H3/b21-15+. The first-order valence-corrected chi connectivity index (χ1v) is 11.3. The van der Waals surface area contributed by atoms with Crippen LogP contribution in [0.2, 0.25) is 5.02 Å². The fraction of sp³-hybridized carbons (Fsp3) is 0.0769. The lowest BCUT2D eigenvalue weighted by Crippen LogP contribution is -2.32. The molecule has 1 aliphatic heterocycles. The number of amidine groups is 1. The lowest BCUT2D eigenvalue weighted by molar-refractivity contribution is -0.113. The van der Waals surface area contributed by atoms with E-state index in [0.29, 0.717) is 16.6 Å². The van der Waals surface area contributed by atoms with E-state index in [9.17, 15) is 4.79 Å². The second-order valence-electron chi connectivity index (χ2n) is 7.46. The number of hydrogen-bond acceptors (Lipinski definition) is 4. The van der Waals surface area contributed by atoms with Gasteiger partial charge in [0, 0.05) is 10.1 Å². The normalized spacial score (nSPS) is 15.0. The summed E-state index contributed by atoms with van der Waals surface area (Å²) < 4.78 is 6.36. The Kier molecular flexibility index (Phi) is 5.29. The summed E-state index contributed by atoms with van der Waals surface area (Å²) in [5.74, 6) is 1.07. The van der Waals surface area contributed by atoms with Crippen molar-refractivity contribution in [2.75, 3.05) is 12.0 Å². The number of halogens is 1. The maximum Gasteiger partial charge on any atom is 0.282 e. The maximum absolute atomic E-state index is 13.5. The second kappa shape index (κ2) is 8.26. The van der Waals surface area contributed by atoms with E-state index in [2.05, 4.69) is 0 Å². The van der Waals surface area contributed by atoms with Crippen LogP contribution in [0, 0.1) is 6.92 Å². The summed E-state index contributed by atoms with van der Waals surface area (Å²) in [5, 5.41) is 1.57. The number of ether oxygens (including phenoxy) is 1. The number of amides is 1. The fourth-order valence-corrected chi connectivity index (χ4v) is 5.14. The molecule has 2 heterocycles. The Labute approximate surface area is 195 Å². The Balaban J connectivity index is 1.67. The first kappa shape index (κ1) is 20.5. The molecule has 1 aliphatic rings. The number of hydrogen-bond donors (Lipinski definition) is 0. The number of carbonyl (C=O) groups excluding carboxylic acids is 1. The average molecular weight is 459 g/mol. The smallest absolute Gasteiger partial charge is 0.282 e. The van der Waals surface area contributed by atoms with Gasteiger partial charge in [0.2, 0.25) is 0 Å². The number of nitrogens with zero attached hydrogens (tertiary/aromatic N) is 2. The number of aliphatic imine (C=N–C) groups is 1. The average Bonchev–Trinajstić information content (AvgIpc) is 3.31. The molecule has 1 aromatic heterocycles. The van der Waals surface area contributed by atoms with Crippen LogP contribution in [0.1, 0.15) is 16.0 Å². The van der Waals surface area contributed by atoms with Crippen LogP contribution in [0.25, 0.3) is 16.2 Å². The molecule has 0 unspecified atom stereocenters. The van der Waals surface area contributed by atoms with Crippen molar-refractivity contribution in [1.82, 2.24) is 0 Å². The van der Waals surface area contributed by atoms with Gasteiger partial charge >= 0.3 is 0 Å². The summed E-state index contributed by atoms with van der Waals surface area (Å²) in [4.78, 5) is 20.7. The van der Waals surface area contributed by atoms with Crippen LogP contribution in [0.4, 0.5) is 5.69 Å². The van der Waals surface area contributed by atoms with Crippen molar-refractivity contribution in [1.29, 1.82) is 0 Å². The third-order valence-electron chi connectivity index (χ3n) is 5.29. The van der Waals surface area contributed by atoms with Crippen molar-refractivity contribution in [2.45, 2.75) is 6.92 Å². The fourth-order valence-electron chi connectivity index (χ4n) is 3.65. The molecular weight excluding hydrogens is 440 g/mol. The third kappa shape index (κ3) is 3.60. The molecule has 5 rings (SSSR count). The molecule has 0 atom stereocenters. The van der Waals surface area contributed by atoms with Crippen LogP contribution in [0.15, 0.2) is 83.5 Å². The molecule has 0 radical (unpaired) electrons. The second-order valence-corrected chi connectivity index (χ2v) is 8.89. The Morgan fingerprint density at radius 1 is 1.03 bits per heavy atom. The summed E-state index contributed by atoms with van der Waals surface area (Å²) >= 11 is 8.30. The molecule has 158 valence electrons. The number of anilines is 1. The molecule has 0 spiro atoms. The van der Waals surface area contributed by atoms with Gasteiger partial charge in [0.05, 0.1) is 22.7 Å². The summed E-state index contributed by atoms with van der Waals surface area (Å²) in [5.41, 5.74) is 3.05. The quantitative estimate of drug-likeness (QED) is 0.319. The van der Waals surface area contributed by atoms with E-state index < -0.39 is 0 Å². The lowest BCUT2D eigenvalue weighted by Gasteiger charge is -2.18. The first-order chi connectivity index (χ1) is 15.5. The van der Waals surface area contributed by atoms with Gasteiger partial charge in [-0.2, -0.15) is 0 Å². The number of aryl methyl sites for hydroxylation is 1. The number of carbonyl (C=O) groups is 1. The highest BCUT2D eigenvalue weighted by Crippen LogP contribution is 2.39. The summed E-state index contributed by atoms with van der Waals surface area (Å²) in [6.45, 7) is 2.02. The Morgan fingerprint density at radius 2 is 1.81 bits per heavy atom. The van der Waals surface area contributed by atoms with Gasteiger partial charge in [0.25, 0.3) is 5.91 Å². The van der Waals surface area contributed by atoms with Gasteiger partial charge in [0.1, 0.15) is 11.4 Å². The van der Waals surface area contributed by atoms with Gasteiger partial charge in [0.15, 0.2) is 5.84 Å². The molecule has 4 nitrogen and oxygen atoms in total. The minimum atomic E-state index is -0.194. The minimum absolute atomic E-state index is 0.194. The minimum Gasteiger partial charge on any atom is -0.497 e. The molecule has 0 bridgehead atoms. The topological polar surface area (TPSA) is 41.9 Å². The molecule has 3 aromatic carbocycles. The number of fused-ring (bicyclic) bond motifs is 1. The van der Waals surface area contributed by atoms with Crippen LogP contribution in [0.5, 0.6) is 5.75 Å². The van der Waals surface area contributed by atoms with E-state index in [1.165, 1.54) is 11.3 Å². The van der Waals surface area contributed by atoms with Crippen molar-refractivity contribution in [2.24, 2.45) is 4.99 Å². The zero-order valence-electron chi connectivity index (χ0n) is 17.5. The van der Waals surface area contributed by atoms with Crippen LogP contribution >= 0.6 is 22.9 Å². The van der Waals surface area contributed by atoms with Gasteiger partial charge in [-0.1, -0.05) is 59.6 Å². The predicted octanol–water partition coefficient (Wildman–Crippen LogP) is 6.71. The van der Waals surface area contributed by atoms with Crippen LogP contribution < -0.4 is 9.64 Å². The highest BCUT2D eigenvalue weighted by atomic mass is 35.5. The van der Waals surface area contributed by atoms with Crippen molar-refractivity contribution < 1.29 is 9.53 Å².